The molecule has 0 saturated heterocycles. The van der Waals surface area contributed by atoms with E-state index < -0.39 is 10.0 Å². The van der Waals surface area contributed by atoms with E-state index >= 15 is 0 Å². The molecule has 18 heavy (non-hydrogen) atoms. The summed E-state index contributed by atoms with van der Waals surface area (Å²) in [5.41, 5.74) is 9.14. The van der Waals surface area contributed by atoms with Gasteiger partial charge in [0.2, 0.25) is 0 Å². The van der Waals surface area contributed by atoms with E-state index in [2.05, 4.69) is 9.19 Å². The van der Waals surface area contributed by atoms with Gasteiger partial charge in [-0.3, -0.25) is 0 Å². The zero-order valence-electron chi connectivity index (χ0n) is 9.26. The van der Waals surface area contributed by atoms with E-state index in [0.717, 1.165) is 0 Å². The average molecular weight is 259 g/mol. The van der Waals surface area contributed by atoms with Crippen LogP contribution in [-0.2, 0) is 10.0 Å². The number of sulfonamides is 1. The molecule has 1 aliphatic carbocycles. The molecule has 1 aromatic carbocycles. The second kappa shape index (κ2) is 4.91. The number of nitrogens with zero attached hydrogens (tertiary/aromatic N) is 3. The van der Waals surface area contributed by atoms with Crippen LogP contribution in [0.3, 0.4) is 0 Å². The highest BCUT2D eigenvalue weighted by Crippen LogP contribution is 2.12. The third-order valence-corrected chi connectivity index (χ3v) is 3.55. The van der Waals surface area contributed by atoms with Crippen LogP contribution in [0.25, 0.3) is 5.53 Å². The highest BCUT2D eigenvalue weighted by Gasteiger charge is 2.13. The largest absolute Gasteiger partial charge is 0.361 e. The minimum absolute atomic E-state index is 0.140. The van der Waals surface area contributed by atoms with Gasteiger partial charge in [-0.2, -0.15) is 17.6 Å². The average Bonchev–Trinajstić information content (AvgIpc) is 2.40. The van der Waals surface area contributed by atoms with Gasteiger partial charge in [0.15, 0.2) is 0 Å². The normalized spacial score (nSPS) is 14.4. The Kier molecular flexibility index (Phi) is 3.32. The van der Waals surface area contributed by atoms with Crippen LogP contribution in [0.15, 0.2) is 63.9 Å². The van der Waals surface area contributed by atoms with Gasteiger partial charge in [-0.05, 0) is 24.3 Å². The van der Waals surface area contributed by atoms with Gasteiger partial charge in [-0.25, -0.2) is 0 Å². The minimum Gasteiger partial charge on any atom is -0.361 e. The minimum atomic E-state index is -3.70. The van der Waals surface area contributed by atoms with Crippen LogP contribution in [0.2, 0.25) is 0 Å². The molecule has 0 aliphatic heterocycles. The lowest BCUT2D eigenvalue weighted by molar-refractivity contribution is -0.00152. The van der Waals surface area contributed by atoms with Crippen molar-refractivity contribution in [3.05, 3.63) is 60.2 Å². The molecule has 1 aromatic rings. The van der Waals surface area contributed by atoms with E-state index in [0.29, 0.717) is 5.71 Å². The Bertz CT molecular complexity index is 676. The molecule has 2 rings (SSSR count). The summed E-state index contributed by atoms with van der Waals surface area (Å²) in [6, 6.07) is 7.97. The van der Waals surface area contributed by atoms with Crippen molar-refractivity contribution in [1.29, 1.82) is 0 Å². The fourth-order valence-electron chi connectivity index (χ4n) is 1.36. The van der Waals surface area contributed by atoms with Crippen LogP contribution in [-0.4, -0.2) is 24.6 Å². The standard InChI is InChI=1S/C12H9N3O2S/c13-14-10-6-8-11(9-7-10)15-18(16,17)12-4-2-1-3-5-12/h1-9H. The number of allylic oxidation sites excluding steroid dienone is 4. The van der Waals surface area contributed by atoms with Crippen LogP contribution >= 0.6 is 0 Å². The Morgan fingerprint density at radius 2 is 1.61 bits per heavy atom. The SMILES string of the molecule is [N-]=[N+]=C1C=CC(=NS(=O)(=O)c2ccccc2)C=C1. The van der Waals surface area contributed by atoms with Gasteiger partial charge >= 0.3 is 5.71 Å². The van der Waals surface area contributed by atoms with E-state index in [4.69, 9.17) is 5.53 Å². The first kappa shape index (κ1) is 12.2. The van der Waals surface area contributed by atoms with Gasteiger partial charge in [-0.15, -0.1) is 0 Å². The number of rotatable bonds is 2. The lowest BCUT2D eigenvalue weighted by Gasteiger charge is -2.00. The number of benzene rings is 1. The molecule has 0 amide bonds. The van der Waals surface area contributed by atoms with Crippen LogP contribution < -0.4 is 0 Å². The summed E-state index contributed by atoms with van der Waals surface area (Å²) in [6.45, 7) is 0. The van der Waals surface area contributed by atoms with Gasteiger partial charge < -0.3 is 5.53 Å². The summed E-state index contributed by atoms with van der Waals surface area (Å²) in [5.74, 6) is 0. The molecular formula is C12H9N3O2S. The maximum absolute atomic E-state index is 11.9. The molecule has 0 unspecified atom stereocenters. The third-order valence-electron chi connectivity index (χ3n) is 2.23. The first-order chi connectivity index (χ1) is 8.62. The molecule has 5 nitrogen and oxygen atoms in total. The molecule has 6 heteroatoms. The van der Waals surface area contributed by atoms with Gasteiger partial charge in [-0.1, -0.05) is 18.2 Å². The van der Waals surface area contributed by atoms with Crippen LogP contribution in [0.1, 0.15) is 0 Å². The van der Waals surface area contributed by atoms with E-state index in [-0.39, 0.29) is 10.6 Å². The Labute approximate surface area is 104 Å². The predicted octanol–water partition coefficient (Wildman–Crippen LogP) is 1.61. The maximum atomic E-state index is 11.9. The molecule has 0 atom stereocenters. The highest BCUT2D eigenvalue weighted by molar-refractivity contribution is 7.90. The Morgan fingerprint density at radius 3 is 2.17 bits per heavy atom. The second-order valence-electron chi connectivity index (χ2n) is 3.50. The van der Waals surface area contributed by atoms with Crippen molar-refractivity contribution in [2.45, 2.75) is 4.90 Å². The fourth-order valence-corrected chi connectivity index (χ4v) is 2.37. The monoisotopic (exact) mass is 259 g/mol. The molecule has 0 spiro atoms. The van der Waals surface area contributed by atoms with Gasteiger partial charge in [0.25, 0.3) is 10.0 Å². The van der Waals surface area contributed by atoms with Crippen molar-refractivity contribution >= 4 is 21.4 Å². The quantitative estimate of drug-likeness (QED) is 0.459. The van der Waals surface area contributed by atoms with Crippen molar-refractivity contribution in [3.8, 4) is 0 Å². The zero-order valence-corrected chi connectivity index (χ0v) is 10.1. The van der Waals surface area contributed by atoms with Gasteiger partial charge in [0.05, 0.1) is 10.6 Å². The van der Waals surface area contributed by atoms with Crippen molar-refractivity contribution in [3.63, 3.8) is 0 Å². The Hall–Kier alpha value is -2.30. The summed E-state index contributed by atoms with van der Waals surface area (Å²) in [5, 5.41) is 0. The third kappa shape index (κ3) is 2.68. The highest BCUT2D eigenvalue weighted by atomic mass is 32.2. The first-order valence-corrected chi connectivity index (χ1v) is 6.54. The van der Waals surface area contributed by atoms with Crippen molar-refractivity contribution in [2.75, 3.05) is 0 Å². The molecular weight excluding hydrogens is 250 g/mol. The number of hydrogen-bond donors (Lipinski definition) is 0. The van der Waals surface area contributed by atoms with Crippen molar-refractivity contribution in [2.24, 2.45) is 4.40 Å². The van der Waals surface area contributed by atoms with E-state index in [1.165, 1.54) is 36.4 Å². The molecule has 0 aromatic heterocycles. The van der Waals surface area contributed by atoms with E-state index in [9.17, 15) is 8.42 Å². The molecule has 1 aliphatic rings. The zero-order chi connectivity index (χ0) is 13.0. The summed E-state index contributed by atoms with van der Waals surface area (Å²) in [4.78, 5) is 3.11. The lowest BCUT2D eigenvalue weighted by Crippen LogP contribution is -2.05. The van der Waals surface area contributed by atoms with Gasteiger partial charge in [0.1, 0.15) is 0 Å². The van der Waals surface area contributed by atoms with Crippen LogP contribution in [0, 0.1) is 0 Å². The molecule has 0 saturated carbocycles. The Morgan fingerprint density at radius 1 is 1.00 bits per heavy atom. The van der Waals surface area contributed by atoms with Crippen LogP contribution in [0.4, 0.5) is 0 Å². The Balaban J connectivity index is 2.36. The van der Waals surface area contributed by atoms with E-state index in [1.807, 2.05) is 0 Å². The maximum Gasteiger partial charge on any atom is 0.315 e. The predicted molar refractivity (Wildman–Crippen MR) is 68.0 cm³/mol. The van der Waals surface area contributed by atoms with Gasteiger partial charge in [0, 0.05) is 12.2 Å². The second-order valence-corrected chi connectivity index (χ2v) is 5.10. The van der Waals surface area contributed by atoms with Crippen molar-refractivity contribution in [1.82, 2.24) is 0 Å². The summed E-state index contributed by atoms with van der Waals surface area (Å²) in [6.07, 6.45) is 5.88. The topological polar surface area (TPSA) is 82.9 Å². The molecule has 0 heterocycles. The molecule has 0 bridgehead atoms. The van der Waals surface area contributed by atoms with Crippen LogP contribution in [0.5, 0.6) is 0 Å². The summed E-state index contributed by atoms with van der Waals surface area (Å²) < 4.78 is 27.5. The molecule has 0 N–H and O–H groups in total. The first-order valence-electron chi connectivity index (χ1n) is 5.10. The van der Waals surface area contributed by atoms with Crippen molar-refractivity contribution < 1.29 is 13.2 Å². The van der Waals surface area contributed by atoms with E-state index in [1.54, 1.807) is 18.2 Å². The summed E-state index contributed by atoms with van der Waals surface area (Å²) >= 11 is 0. The fraction of sp³-hybridized carbons (Fsp3) is 0. The molecule has 90 valence electrons. The summed E-state index contributed by atoms with van der Waals surface area (Å²) in [7, 11) is -3.70. The molecule has 0 fully saturated rings. The lowest BCUT2D eigenvalue weighted by atomic mass is 10.1. The molecule has 0 radical (unpaired) electrons. The number of hydrogen-bond acceptors (Lipinski definition) is 2. The smallest absolute Gasteiger partial charge is 0.315 e.